The van der Waals surface area contributed by atoms with E-state index in [1.165, 1.54) is 0 Å². The van der Waals surface area contributed by atoms with Crippen LogP contribution in [0.5, 0.6) is 0 Å². The first-order chi connectivity index (χ1) is 12.6. The molecule has 0 unspecified atom stereocenters. The van der Waals surface area contributed by atoms with Crippen molar-refractivity contribution in [2.75, 3.05) is 11.1 Å². The Morgan fingerprint density at radius 3 is 2.19 bits per heavy atom. The first-order valence-corrected chi connectivity index (χ1v) is 8.56. The summed E-state index contributed by atoms with van der Waals surface area (Å²) in [4.78, 5) is 13.4. The SMILES string of the molecule is Nc1cc(Nc2ccc(Cl)cc2)c2ncc(-c3ccc(Cl)cc3)nc2n1. The molecular weight excluding hydrogens is 369 g/mol. The van der Waals surface area contributed by atoms with E-state index in [0.717, 1.165) is 16.9 Å². The van der Waals surface area contributed by atoms with Gasteiger partial charge in [-0.1, -0.05) is 35.3 Å². The van der Waals surface area contributed by atoms with Gasteiger partial charge in [0, 0.05) is 27.4 Å². The number of nitrogens with two attached hydrogens (primary N) is 1. The van der Waals surface area contributed by atoms with E-state index in [2.05, 4.69) is 20.3 Å². The molecule has 2 aromatic carbocycles. The van der Waals surface area contributed by atoms with Crippen molar-refractivity contribution < 1.29 is 0 Å². The predicted octanol–water partition coefficient (Wildman–Crippen LogP) is 5.32. The molecule has 2 heterocycles. The third-order valence-corrected chi connectivity index (χ3v) is 4.30. The molecule has 2 aromatic heterocycles. The third kappa shape index (κ3) is 3.40. The summed E-state index contributed by atoms with van der Waals surface area (Å²) < 4.78 is 0. The lowest BCUT2D eigenvalue weighted by atomic mass is 10.1. The number of nitrogen functional groups attached to an aromatic ring is 1. The van der Waals surface area contributed by atoms with Crippen molar-refractivity contribution in [1.29, 1.82) is 0 Å². The molecule has 4 aromatic rings. The highest BCUT2D eigenvalue weighted by Gasteiger charge is 2.10. The first-order valence-electron chi connectivity index (χ1n) is 7.80. The van der Waals surface area contributed by atoms with Crippen molar-refractivity contribution in [1.82, 2.24) is 15.0 Å². The Balaban J connectivity index is 1.77. The van der Waals surface area contributed by atoms with Gasteiger partial charge in [0.1, 0.15) is 11.3 Å². The maximum atomic E-state index is 5.95. The molecule has 0 aliphatic rings. The molecule has 0 fully saturated rings. The predicted molar refractivity (Wildman–Crippen MR) is 107 cm³/mol. The van der Waals surface area contributed by atoms with Gasteiger partial charge in [-0.2, -0.15) is 0 Å². The Hall–Kier alpha value is -2.89. The molecule has 128 valence electrons. The minimum absolute atomic E-state index is 0.358. The number of pyridine rings is 1. The number of hydrogen-bond acceptors (Lipinski definition) is 5. The maximum Gasteiger partial charge on any atom is 0.182 e. The van der Waals surface area contributed by atoms with E-state index >= 15 is 0 Å². The number of anilines is 3. The first kappa shape index (κ1) is 16.6. The molecule has 0 radical (unpaired) electrons. The van der Waals surface area contributed by atoms with E-state index in [9.17, 15) is 0 Å². The third-order valence-electron chi connectivity index (χ3n) is 3.80. The van der Waals surface area contributed by atoms with Crippen LogP contribution in [0.3, 0.4) is 0 Å². The number of nitrogens with zero attached hydrogens (tertiary/aromatic N) is 3. The summed E-state index contributed by atoms with van der Waals surface area (Å²) in [6.45, 7) is 0. The molecule has 4 rings (SSSR count). The number of fused-ring (bicyclic) bond motifs is 1. The number of rotatable bonds is 3. The number of halogens is 2. The van der Waals surface area contributed by atoms with Gasteiger partial charge >= 0.3 is 0 Å². The zero-order valence-electron chi connectivity index (χ0n) is 13.4. The highest BCUT2D eigenvalue weighted by molar-refractivity contribution is 6.30. The Morgan fingerprint density at radius 1 is 0.846 bits per heavy atom. The molecular formula is C19H13Cl2N5. The van der Waals surface area contributed by atoms with Gasteiger partial charge < -0.3 is 11.1 Å². The highest BCUT2D eigenvalue weighted by atomic mass is 35.5. The fraction of sp³-hybridized carbons (Fsp3) is 0. The molecule has 0 saturated heterocycles. The number of aromatic nitrogens is 3. The van der Waals surface area contributed by atoms with Crippen LogP contribution in [0.15, 0.2) is 60.8 Å². The lowest BCUT2D eigenvalue weighted by molar-refractivity contribution is 1.23. The summed E-state index contributed by atoms with van der Waals surface area (Å²) in [6, 6.07) is 16.5. The van der Waals surface area contributed by atoms with E-state index in [1.54, 1.807) is 24.4 Å². The van der Waals surface area contributed by atoms with E-state index < -0.39 is 0 Å². The van der Waals surface area contributed by atoms with Crippen molar-refractivity contribution in [3.8, 4) is 11.3 Å². The summed E-state index contributed by atoms with van der Waals surface area (Å²) in [6.07, 6.45) is 1.70. The van der Waals surface area contributed by atoms with Crippen molar-refractivity contribution in [2.24, 2.45) is 0 Å². The summed E-state index contributed by atoms with van der Waals surface area (Å²) >= 11 is 11.9. The minimum Gasteiger partial charge on any atom is -0.384 e. The average Bonchev–Trinajstić information content (AvgIpc) is 2.63. The maximum absolute atomic E-state index is 5.95. The molecule has 0 aliphatic heterocycles. The zero-order valence-corrected chi connectivity index (χ0v) is 15.0. The number of hydrogen-bond donors (Lipinski definition) is 2. The summed E-state index contributed by atoms with van der Waals surface area (Å²) in [5.74, 6) is 0.358. The number of benzene rings is 2. The van der Waals surface area contributed by atoms with Crippen molar-refractivity contribution in [3.05, 3.63) is 70.8 Å². The van der Waals surface area contributed by atoms with Gasteiger partial charge in [-0.15, -0.1) is 0 Å². The molecule has 7 heteroatoms. The molecule has 0 saturated carbocycles. The summed E-state index contributed by atoms with van der Waals surface area (Å²) in [5, 5.41) is 4.62. The molecule has 0 spiro atoms. The molecule has 0 atom stereocenters. The molecule has 0 aliphatic carbocycles. The van der Waals surface area contributed by atoms with Crippen LogP contribution in [-0.2, 0) is 0 Å². The monoisotopic (exact) mass is 381 g/mol. The summed E-state index contributed by atoms with van der Waals surface area (Å²) in [5.41, 5.74) is 10.2. The largest absolute Gasteiger partial charge is 0.384 e. The van der Waals surface area contributed by atoms with Crippen LogP contribution in [0, 0.1) is 0 Å². The van der Waals surface area contributed by atoms with Crippen LogP contribution in [0.1, 0.15) is 0 Å². The molecule has 26 heavy (non-hydrogen) atoms. The highest BCUT2D eigenvalue weighted by Crippen LogP contribution is 2.28. The Kier molecular flexibility index (Phi) is 4.32. The fourth-order valence-corrected chi connectivity index (χ4v) is 2.81. The van der Waals surface area contributed by atoms with Gasteiger partial charge in [-0.25, -0.2) is 15.0 Å². The van der Waals surface area contributed by atoms with Gasteiger partial charge in [0.05, 0.1) is 17.6 Å². The fourth-order valence-electron chi connectivity index (χ4n) is 2.56. The smallest absolute Gasteiger partial charge is 0.182 e. The standard InChI is InChI=1S/C19H13Cl2N5/c20-12-3-1-11(2-4-12)16-10-23-18-15(9-17(22)26-19(18)25-16)24-14-7-5-13(21)6-8-14/h1-10H,(H3,22,24,25,26). The van der Waals surface area contributed by atoms with Crippen LogP contribution in [-0.4, -0.2) is 15.0 Å². The van der Waals surface area contributed by atoms with E-state index in [1.807, 2.05) is 36.4 Å². The quantitative estimate of drug-likeness (QED) is 0.501. The molecule has 3 N–H and O–H groups in total. The molecule has 5 nitrogen and oxygen atoms in total. The molecule has 0 bridgehead atoms. The second-order valence-corrected chi connectivity index (χ2v) is 6.53. The Labute approximate surface area is 159 Å². The zero-order chi connectivity index (χ0) is 18.1. The lowest BCUT2D eigenvalue weighted by Gasteiger charge is -2.10. The van der Waals surface area contributed by atoms with Crippen LogP contribution >= 0.6 is 23.2 Å². The van der Waals surface area contributed by atoms with Crippen molar-refractivity contribution >= 4 is 51.6 Å². The van der Waals surface area contributed by atoms with Crippen LogP contribution in [0.25, 0.3) is 22.4 Å². The average molecular weight is 382 g/mol. The Bertz CT molecular complexity index is 1080. The second-order valence-electron chi connectivity index (χ2n) is 5.66. The number of nitrogens with one attached hydrogen (secondary N) is 1. The van der Waals surface area contributed by atoms with E-state index in [4.69, 9.17) is 28.9 Å². The lowest BCUT2D eigenvalue weighted by Crippen LogP contribution is -2.00. The molecule has 0 amide bonds. The van der Waals surface area contributed by atoms with Gasteiger partial charge in [0.15, 0.2) is 5.65 Å². The van der Waals surface area contributed by atoms with Gasteiger partial charge in [0.2, 0.25) is 0 Å². The Morgan fingerprint density at radius 2 is 1.50 bits per heavy atom. The van der Waals surface area contributed by atoms with Crippen molar-refractivity contribution in [2.45, 2.75) is 0 Å². The van der Waals surface area contributed by atoms with Gasteiger partial charge in [-0.05, 0) is 36.4 Å². The van der Waals surface area contributed by atoms with Crippen molar-refractivity contribution in [3.63, 3.8) is 0 Å². The topological polar surface area (TPSA) is 76.7 Å². The minimum atomic E-state index is 0.358. The summed E-state index contributed by atoms with van der Waals surface area (Å²) in [7, 11) is 0. The van der Waals surface area contributed by atoms with Gasteiger partial charge in [0.25, 0.3) is 0 Å². The van der Waals surface area contributed by atoms with Gasteiger partial charge in [-0.3, -0.25) is 0 Å². The second kappa shape index (κ2) is 6.78. The normalized spacial score (nSPS) is 10.8. The van der Waals surface area contributed by atoms with Crippen LogP contribution in [0.2, 0.25) is 10.0 Å². The van der Waals surface area contributed by atoms with Crippen LogP contribution in [0.4, 0.5) is 17.2 Å². The van der Waals surface area contributed by atoms with E-state index in [0.29, 0.717) is 32.7 Å². The van der Waals surface area contributed by atoms with Crippen LogP contribution < -0.4 is 11.1 Å². The van der Waals surface area contributed by atoms with E-state index in [-0.39, 0.29) is 0 Å².